The van der Waals surface area contributed by atoms with E-state index in [2.05, 4.69) is 186 Å². The van der Waals surface area contributed by atoms with Crippen LogP contribution >= 0.6 is 0 Å². The number of allylic oxidation sites excluding steroid dienone is 6. The standard InChI is InChI=1S/C52H37N3/c1-33(50-43-21-12-16-37-17-13-22-44(51(37)43)52(50)53-34(2)36-14-4-3-5-15-36)35-26-28-38(29-27-35)54-48-25-11-8-20-42(48)45-32-39(30-31-49(45)54)55-46-23-9-6-18-40(46)41-19-7-10-24-47(41)55/h3-4,6-14,16-32H,1,5,15H2,2H3. The number of nitrogens with zero attached hydrogens (tertiary/aromatic N) is 3. The molecule has 55 heavy (non-hydrogen) atoms. The monoisotopic (exact) mass is 703 g/mol. The lowest BCUT2D eigenvalue weighted by Crippen LogP contribution is -2.00. The molecule has 260 valence electrons. The highest BCUT2D eigenvalue weighted by Gasteiger charge is 2.27. The van der Waals surface area contributed by atoms with Crippen LogP contribution in [0.1, 0.15) is 36.5 Å². The van der Waals surface area contributed by atoms with Gasteiger partial charge in [0.1, 0.15) is 0 Å². The molecule has 9 aromatic rings. The Morgan fingerprint density at radius 2 is 1.16 bits per heavy atom. The van der Waals surface area contributed by atoms with Gasteiger partial charge in [-0.15, -0.1) is 0 Å². The van der Waals surface area contributed by atoms with Crippen LogP contribution in [0.2, 0.25) is 0 Å². The summed E-state index contributed by atoms with van der Waals surface area (Å²) in [5, 5.41) is 7.48. The molecule has 0 saturated heterocycles. The Kier molecular flexibility index (Phi) is 7.05. The van der Waals surface area contributed by atoms with E-state index in [1.807, 2.05) is 0 Å². The molecule has 2 heterocycles. The van der Waals surface area contributed by atoms with Gasteiger partial charge in [0, 0.05) is 49.8 Å². The van der Waals surface area contributed by atoms with Crippen LogP contribution in [0.3, 0.4) is 0 Å². The molecule has 0 aliphatic heterocycles. The second-order valence-corrected chi connectivity index (χ2v) is 14.7. The van der Waals surface area contributed by atoms with Crippen molar-refractivity contribution in [2.24, 2.45) is 4.99 Å². The van der Waals surface area contributed by atoms with Crippen molar-refractivity contribution in [3.05, 3.63) is 199 Å². The van der Waals surface area contributed by atoms with E-state index >= 15 is 0 Å². The summed E-state index contributed by atoms with van der Waals surface area (Å²) >= 11 is 0. The fraction of sp³-hybridized carbons (Fsp3) is 0.0577. The number of aliphatic imine (C=N–C) groups is 1. The molecular weight excluding hydrogens is 667 g/mol. The molecule has 0 unspecified atom stereocenters. The Balaban J connectivity index is 1.03. The molecule has 0 bridgehead atoms. The lowest BCUT2D eigenvalue weighted by atomic mass is 9.93. The van der Waals surface area contributed by atoms with Gasteiger partial charge in [0.25, 0.3) is 0 Å². The van der Waals surface area contributed by atoms with Gasteiger partial charge in [-0.2, -0.15) is 0 Å². The Labute approximate surface area is 319 Å². The van der Waals surface area contributed by atoms with Crippen molar-refractivity contribution in [1.82, 2.24) is 9.13 Å². The summed E-state index contributed by atoms with van der Waals surface area (Å²) in [6.45, 7) is 6.90. The summed E-state index contributed by atoms with van der Waals surface area (Å²) in [4.78, 5) is 5.38. The fourth-order valence-corrected chi connectivity index (χ4v) is 9.11. The van der Waals surface area contributed by atoms with Gasteiger partial charge in [0.05, 0.1) is 27.8 Å². The molecule has 0 spiro atoms. The quantitative estimate of drug-likeness (QED) is 0.154. The molecule has 11 rings (SSSR count). The van der Waals surface area contributed by atoms with E-state index in [0.717, 1.165) is 52.3 Å². The minimum atomic E-state index is 0.984. The summed E-state index contributed by atoms with van der Waals surface area (Å²) in [6, 6.07) is 55.1. The van der Waals surface area contributed by atoms with E-state index in [4.69, 9.17) is 11.6 Å². The maximum Gasteiger partial charge on any atom is 0.0796 e. The second-order valence-electron chi connectivity index (χ2n) is 14.7. The van der Waals surface area contributed by atoms with Crippen molar-refractivity contribution in [3.8, 4) is 11.4 Å². The zero-order valence-corrected chi connectivity index (χ0v) is 30.6. The smallest absolute Gasteiger partial charge is 0.0796 e. The van der Waals surface area contributed by atoms with Gasteiger partial charge in [-0.3, -0.25) is 4.99 Å². The Hall–Kier alpha value is -6.97. The fourth-order valence-electron chi connectivity index (χ4n) is 9.11. The third kappa shape index (κ3) is 4.79. The first-order valence-electron chi connectivity index (χ1n) is 19.1. The van der Waals surface area contributed by atoms with Crippen molar-refractivity contribution < 1.29 is 0 Å². The molecule has 3 heteroatoms. The first-order valence-corrected chi connectivity index (χ1v) is 19.1. The number of fused-ring (bicyclic) bond motifs is 6. The second kappa shape index (κ2) is 12.3. The Bertz CT molecular complexity index is 3150. The summed E-state index contributed by atoms with van der Waals surface area (Å²) in [5.41, 5.74) is 16.0. The molecule has 0 radical (unpaired) electrons. The number of para-hydroxylation sites is 3. The summed E-state index contributed by atoms with van der Waals surface area (Å²) < 4.78 is 4.79. The van der Waals surface area contributed by atoms with E-state index in [1.165, 1.54) is 71.1 Å². The van der Waals surface area contributed by atoms with Crippen LogP contribution in [0.5, 0.6) is 0 Å². The van der Waals surface area contributed by atoms with Crippen LogP contribution < -0.4 is 0 Å². The molecule has 0 saturated carbocycles. The maximum absolute atomic E-state index is 5.38. The maximum atomic E-state index is 5.38. The first-order chi connectivity index (χ1) is 27.1. The van der Waals surface area contributed by atoms with Gasteiger partial charge in [0.15, 0.2) is 0 Å². The van der Waals surface area contributed by atoms with Gasteiger partial charge in [0.2, 0.25) is 0 Å². The number of benzene rings is 7. The molecule has 3 nitrogen and oxygen atoms in total. The van der Waals surface area contributed by atoms with E-state index in [1.54, 1.807) is 0 Å². The summed E-state index contributed by atoms with van der Waals surface area (Å²) in [6.07, 6.45) is 8.65. The van der Waals surface area contributed by atoms with Gasteiger partial charge in [-0.05, 0) is 101 Å². The van der Waals surface area contributed by atoms with Crippen molar-refractivity contribution >= 4 is 76.9 Å². The SMILES string of the molecule is C=C(C1=C(N=C(C)C2=CC=CCC2)c2cccc3cccc1c23)c1ccc(-n2c3ccccc3c3cc(-n4c5ccccc5c5ccccc54)ccc32)cc1. The topological polar surface area (TPSA) is 22.2 Å². The molecule has 2 aliphatic carbocycles. The van der Waals surface area contributed by atoms with E-state index in [9.17, 15) is 0 Å². The highest BCUT2D eigenvalue weighted by molar-refractivity contribution is 6.26. The van der Waals surface area contributed by atoms with Crippen molar-refractivity contribution in [3.63, 3.8) is 0 Å². The number of rotatable bonds is 6. The zero-order chi connectivity index (χ0) is 36.6. The van der Waals surface area contributed by atoms with Crippen molar-refractivity contribution in [2.45, 2.75) is 19.8 Å². The molecule has 0 fully saturated rings. The van der Waals surface area contributed by atoms with Gasteiger partial charge in [-0.1, -0.05) is 128 Å². The lowest BCUT2D eigenvalue weighted by Gasteiger charge is -2.14. The van der Waals surface area contributed by atoms with Gasteiger partial charge in [-0.25, -0.2) is 0 Å². The molecule has 0 atom stereocenters. The molecule has 2 aliphatic rings. The number of hydrogen-bond acceptors (Lipinski definition) is 1. The van der Waals surface area contributed by atoms with Gasteiger partial charge < -0.3 is 9.13 Å². The van der Waals surface area contributed by atoms with Crippen LogP contribution in [0, 0.1) is 0 Å². The molecule has 0 amide bonds. The zero-order valence-electron chi connectivity index (χ0n) is 30.6. The van der Waals surface area contributed by atoms with Crippen molar-refractivity contribution in [2.75, 3.05) is 0 Å². The Morgan fingerprint density at radius 1 is 0.582 bits per heavy atom. The average Bonchev–Trinajstić information content (AvgIpc) is 3.87. The molecule has 2 aromatic heterocycles. The summed E-state index contributed by atoms with van der Waals surface area (Å²) in [7, 11) is 0. The number of aromatic nitrogens is 2. The minimum Gasteiger partial charge on any atom is -0.309 e. The van der Waals surface area contributed by atoms with E-state index in [0.29, 0.717) is 0 Å². The molecule has 7 aromatic carbocycles. The number of hydrogen-bond donors (Lipinski definition) is 0. The molecule has 0 N–H and O–H groups in total. The normalized spacial score (nSPS) is 14.3. The minimum absolute atomic E-state index is 0.984. The molecular formula is C52H37N3. The summed E-state index contributed by atoms with van der Waals surface area (Å²) in [5.74, 6) is 0. The van der Waals surface area contributed by atoms with Crippen molar-refractivity contribution in [1.29, 1.82) is 0 Å². The van der Waals surface area contributed by atoms with Crippen LogP contribution in [0.15, 0.2) is 187 Å². The first kappa shape index (κ1) is 31.5. The van der Waals surface area contributed by atoms with Crippen LogP contribution in [-0.2, 0) is 0 Å². The van der Waals surface area contributed by atoms with E-state index in [-0.39, 0.29) is 0 Å². The predicted molar refractivity (Wildman–Crippen MR) is 234 cm³/mol. The third-order valence-electron chi connectivity index (χ3n) is 11.7. The van der Waals surface area contributed by atoms with E-state index < -0.39 is 0 Å². The van der Waals surface area contributed by atoms with Crippen LogP contribution in [0.25, 0.3) is 82.6 Å². The highest BCUT2D eigenvalue weighted by atomic mass is 15.0. The van der Waals surface area contributed by atoms with Gasteiger partial charge >= 0.3 is 0 Å². The highest BCUT2D eigenvalue weighted by Crippen LogP contribution is 2.48. The largest absolute Gasteiger partial charge is 0.309 e. The van der Waals surface area contributed by atoms with Crippen LogP contribution in [-0.4, -0.2) is 14.8 Å². The Morgan fingerprint density at radius 3 is 1.82 bits per heavy atom. The lowest BCUT2D eigenvalue weighted by molar-refractivity contribution is 1.00. The average molecular weight is 704 g/mol. The van der Waals surface area contributed by atoms with Crippen LogP contribution in [0.4, 0.5) is 0 Å². The third-order valence-corrected chi connectivity index (χ3v) is 11.7. The predicted octanol–water partition coefficient (Wildman–Crippen LogP) is 13.7.